The van der Waals surface area contributed by atoms with Crippen LogP contribution in [0.4, 0.5) is 17.1 Å². The highest BCUT2D eigenvalue weighted by Gasteiger charge is 2.44. The number of benzene rings is 2. The molecule has 1 saturated carbocycles. The molecule has 2 aromatic carbocycles. The van der Waals surface area contributed by atoms with E-state index in [1.165, 1.54) is 32.1 Å². The van der Waals surface area contributed by atoms with Crippen molar-refractivity contribution in [2.24, 2.45) is 11.8 Å². The van der Waals surface area contributed by atoms with Crippen molar-refractivity contribution in [3.8, 4) is 0 Å². The van der Waals surface area contributed by atoms with Gasteiger partial charge in [0.05, 0.1) is 16.7 Å². The summed E-state index contributed by atoms with van der Waals surface area (Å²) in [7, 11) is 0.163. The highest BCUT2D eigenvalue weighted by Crippen LogP contribution is 2.48. The van der Waals surface area contributed by atoms with E-state index in [1.54, 1.807) is 18.2 Å². The predicted molar refractivity (Wildman–Crippen MR) is 129 cm³/mol. The molecule has 0 amide bonds. The van der Waals surface area contributed by atoms with Gasteiger partial charge in [-0.25, -0.2) is 8.42 Å². The quantitative estimate of drug-likeness (QED) is 0.664. The Labute approximate surface area is 191 Å². The summed E-state index contributed by atoms with van der Waals surface area (Å²) in [5.41, 5.74) is 3.50. The number of hydrogen-bond donors (Lipinski definition) is 2. The monoisotopic (exact) mass is 455 g/mol. The lowest BCUT2D eigenvalue weighted by Crippen LogP contribution is -2.42. The van der Waals surface area contributed by atoms with Crippen LogP contribution in [0.15, 0.2) is 47.4 Å². The topological polar surface area (TPSA) is 70.7 Å². The van der Waals surface area contributed by atoms with Crippen molar-refractivity contribution in [1.82, 2.24) is 0 Å². The molecule has 3 aliphatic rings. The van der Waals surface area contributed by atoms with Crippen molar-refractivity contribution in [3.05, 3.63) is 48.0 Å². The van der Waals surface area contributed by atoms with Gasteiger partial charge in [0.25, 0.3) is 10.0 Å². The van der Waals surface area contributed by atoms with Crippen molar-refractivity contribution in [2.75, 3.05) is 35.6 Å². The smallest absolute Gasteiger partial charge is 0.261 e. The maximum Gasteiger partial charge on any atom is 0.261 e. The minimum Gasteiger partial charge on any atom is -0.381 e. The van der Waals surface area contributed by atoms with Crippen LogP contribution in [0.25, 0.3) is 0 Å². The first-order valence-corrected chi connectivity index (χ1v) is 13.2. The Morgan fingerprint density at radius 1 is 1.03 bits per heavy atom. The van der Waals surface area contributed by atoms with E-state index in [9.17, 15) is 8.42 Å². The third kappa shape index (κ3) is 4.08. The van der Waals surface area contributed by atoms with Gasteiger partial charge in [-0.1, -0.05) is 25.3 Å². The Balaban J connectivity index is 1.42. The van der Waals surface area contributed by atoms with Crippen molar-refractivity contribution in [1.29, 1.82) is 0 Å². The second kappa shape index (κ2) is 8.60. The first kappa shape index (κ1) is 21.6. The molecule has 172 valence electrons. The molecule has 0 aromatic heterocycles. The van der Waals surface area contributed by atoms with Crippen LogP contribution in [0.2, 0.25) is 0 Å². The predicted octanol–water partition coefficient (Wildman–Crippen LogP) is 5.01. The van der Waals surface area contributed by atoms with Gasteiger partial charge < -0.3 is 15.0 Å². The molecule has 3 unspecified atom stereocenters. The molecule has 2 aliphatic heterocycles. The number of nitrogens with zero attached hydrogens (tertiary/aromatic N) is 1. The van der Waals surface area contributed by atoms with Crippen LogP contribution in [0.3, 0.4) is 0 Å². The van der Waals surface area contributed by atoms with Gasteiger partial charge >= 0.3 is 0 Å². The molecule has 7 heteroatoms. The lowest BCUT2D eigenvalue weighted by Gasteiger charge is -2.42. The van der Waals surface area contributed by atoms with Gasteiger partial charge in [-0.15, -0.1) is 0 Å². The lowest BCUT2D eigenvalue weighted by molar-refractivity contribution is 0.0730. The van der Waals surface area contributed by atoms with Crippen molar-refractivity contribution in [3.63, 3.8) is 0 Å². The fraction of sp³-hybridized carbons (Fsp3) is 0.520. The third-order valence-electron chi connectivity index (χ3n) is 7.33. The van der Waals surface area contributed by atoms with Crippen LogP contribution in [-0.2, 0) is 14.8 Å². The minimum atomic E-state index is -3.70. The van der Waals surface area contributed by atoms with E-state index in [-0.39, 0.29) is 11.0 Å². The zero-order chi connectivity index (χ0) is 22.3. The molecule has 3 atom stereocenters. The van der Waals surface area contributed by atoms with Gasteiger partial charge in [0.1, 0.15) is 0 Å². The highest BCUT2D eigenvalue weighted by molar-refractivity contribution is 7.92. The lowest BCUT2D eigenvalue weighted by atomic mass is 9.73. The molecule has 2 N–H and O–H groups in total. The van der Waals surface area contributed by atoms with Crippen molar-refractivity contribution in [2.45, 2.75) is 55.6 Å². The molecule has 2 fully saturated rings. The Morgan fingerprint density at radius 2 is 1.84 bits per heavy atom. The summed E-state index contributed by atoms with van der Waals surface area (Å²) in [5, 5.41) is 3.79. The van der Waals surface area contributed by atoms with E-state index in [4.69, 9.17) is 4.74 Å². The molecular formula is C25H33N3O3S. The molecular weight excluding hydrogens is 422 g/mol. The van der Waals surface area contributed by atoms with Crippen LogP contribution >= 0.6 is 0 Å². The summed E-state index contributed by atoms with van der Waals surface area (Å²) >= 11 is 0. The number of sulfonamides is 1. The van der Waals surface area contributed by atoms with E-state index < -0.39 is 10.0 Å². The largest absolute Gasteiger partial charge is 0.381 e. The van der Waals surface area contributed by atoms with Crippen LogP contribution in [0, 0.1) is 11.8 Å². The van der Waals surface area contributed by atoms with E-state index in [1.807, 2.05) is 43.3 Å². The van der Waals surface area contributed by atoms with Crippen LogP contribution in [0.5, 0.6) is 0 Å². The second-order valence-electron chi connectivity index (χ2n) is 9.61. The maximum atomic E-state index is 13.2. The first-order chi connectivity index (χ1) is 15.4. The average Bonchev–Trinajstić information content (AvgIpc) is 3.29. The molecule has 0 radical (unpaired) electrons. The van der Waals surface area contributed by atoms with Gasteiger partial charge in [0.15, 0.2) is 0 Å². The molecule has 6 nitrogen and oxygen atoms in total. The normalized spacial score (nSPS) is 25.5. The Kier molecular flexibility index (Phi) is 5.80. The zero-order valence-electron chi connectivity index (χ0n) is 18.9. The number of ether oxygens (including phenoxy) is 1. The van der Waals surface area contributed by atoms with Gasteiger partial charge in [0, 0.05) is 49.6 Å². The minimum absolute atomic E-state index is 0.0228. The molecule has 2 heterocycles. The SMILES string of the molecule is CN(C)c1cccc(NS(=O)(=O)c2ccc3c(c2)C2OCCC2C(C2CCCCC2)N3)c1. The summed E-state index contributed by atoms with van der Waals surface area (Å²) in [6, 6.07) is 13.3. The van der Waals surface area contributed by atoms with E-state index in [0.717, 1.165) is 30.0 Å². The standard InChI is InChI=1S/C25H33N3O3S/c1-28(2)19-10-6-9-18(15-19)27-32(29,30)20-11-12-23-22(16-20)25-21(13-14-31-25)24(26-23)17-7-4-3-5-8-17/h6,9-12,15-17,21,24-27H,3-5,7-8,13-14H2,1-2H3. The number of rotatable bonds is 5. The maximum absolute atomic E-state index is 13.2. The fourth-order valence-electron chi connectivity index (χ4n) is 5.68. The van der Waals surface area contributed by atoms with Gasteiger partial charge in [-0.3, -0.25) is 4.72 Å². The molecule has 0 bridgehead atoms. The van der Waals surface area contributed by atoms with Crippen LogP contribution in [0.1, 0.15) is 50.2 Å². The molecule has 5 rings (SSSR count). The number of hydrogen-bond acceptors (Lipinski definition) is 5. The van der Waals surface area contributed by atoms with Crippen LogP contribution in [-0.4, -0.2) is 35.2 Å². The molecule has 32 heavy (non-hydrogen) atoms. The van der Waals surface area contributed by atoms with E-state index in [2.05, 4.69) is 10.0 Å². The summed E-state index contributed by atoms with van der Waals surface area (Å²) in [6.07, 6.45) is 7.53. The molecule has 1 saturated heterocycles. The first-order valence-electron chi connectivity index (χ1n) is 11.7. The van der Waals surface area contributed by atoms with Gasteiger partial charge in [-0.2, -0.15) is 0 Å². The van der Waals surface area contributed by atoms with E-state index in [0.29, 0.717) is 23.6 Å². The molecule has 2 aromatic rings. The summed E-state index contributed by atoms with van der Waals surface area (Å²) in [6.45, 7) is 0.742. The third-order valence-corrected chi connectivity index (χ3v) is 8.71. The number of nitrogens with one attached hydrogen (secondary N) is 2. The Morgan fingerprint density at radius 3 is 2.62 bits per heavy atom. The molecule has 0 spiro atoms. The molecule has 1 aliphatic carbocycles. The van der Waals surface area contributed by atoms with Gasteiger partial charge in [-0.05, 0) is 61.6 Å². The van der Waals surface area contributed by atoms with Crippen molar-refractivity contribution < 1.29 is 13.2 Å². The average molecular weight is 456 g/mol. The number of anilines is 3. The summed E-state index contributed by atoms with van der Waals surface area (Å²) in [4.78, 5) is 2.22. The summed E-state index contributed by atoms with van der Waals surface area (Å²) < 4.78 is 35.3. The fourth-order valence-corrected chi connectivity index (χ4v) is 6.76. The van der Waals surface area contributed by atoms with Crippen molar-refractivity contribution >= 4 is 27.1 Å². The zero-order valence-corrected chi connectivity index (χ0v) is 19.7. The van der Waals surface area contributed by atoms with Gasteiger partial charge in [0.2, 0.25) is 0 Å². The summed E-state index contributed by atoms with van der Waals surface area (Å²) in [5.74, 6) is 1.09. The van der Waals surface area contributed by atoms with E-state index >= 15 is 0 Å². The van der Waals surface area contributed by atoms with Crippen LogP contribution < -0.4 is 14.9 Å². The highest BCUT2D eigenvalue weighted by atomic mass is 32.2. The Bertz CT molecular complexity index is 1080. The Hall–Kier alpha value is -2.25. The second-order valence-corrected chi connectivity index (χ2v) is 11.3. The number of fused-ring (bicyclic) bond motifs is 3.